The Balaban J connectivity index is 1.42. The highest BCUT2D eigenvalue weighted by Crippen LogP contribution is 2.67. The highest BCUT2D eigenvalue weighted by molar-refractivity contribution is 5.09. The summed E-state index contributed by atoms with van der Waals surface area (Å²) in [7, 11) is 0. The zero-order valence-corrected chi connectivity index (χ0v) is 19.6. The second-order valence-corrected chi connectivity index (χ2v) is 12.6. The fraction of sp³-hybridized carbons (Fsp3) is 1.00. The van der Waals surface area contributed by atoms with Crippen molar-refractivity contribution in [1.29, 1.82) is 0 Å². The molecule has 9 atom stereocenters. The number of rotatable bonds is 5. The summed E-state index contributed by atoms with van der Waals surface area (Å²) < 4.78 is 0. The summed E-state index contributed by atoms with van der Waals surface area (Å²) in [4.78, 5) is 0. The molecule has 4 aliphatic carbocycles. The van der Waals surface area contributed by atoms with Gasteiger partial charge >= 0.3 is 0 Å². The summed E-state index contributed by atoms with van der Waals surface area (Å²) in [6.45, 7) is 12.6. The second kappa shape index (κ2) is 7.90. The molecule has 1 N–H and O–H groups in total. The van der Waals surface area contributed by atoms with Gasteiger partial charge in [-0.1, -0.05) is 47.5 Å². The van der Waals surface area contributed by atoms with Crippen LogP contribution >= 0.6 is 0 Å². The molecule has 4 fully saturated rings. The van der Waals surface area contributed by atoms with Gasteiger partial charge in [-0.15, -0.1) is 0 Å². The molecule has 0 heterocycles. The van der Waals surface area contributed by atoms with Crippen molar-refractivity contribution >= 4 is 0 Å². The van der Waals surface area contributed by atoms with E-state index in [1.165, 1.54) is 64.2 Å². The van der Waals surface area contributed by atoms with Crippen molar-refractivity contribution in [3.8, 4) is 0 Å². The second-order valence-electron chi connectivity index (χ2n) is 12.6. The third-order valence-electron chi connectivity index (χ3n) is 11.2. The number of aliphatic hydroxyl groups is 1. The molecule has 0 aliphatic heterocycles. The zero-order chi connectivity index (χ0) is 20.1. The SMILES string of the molecule is CC(C)[C@H](C)CCCC1CCC2C3CCC4CC(O)CC[C@]4(C)C3CC[C@]12C. The zero-order valence-electron chi connectivity index (χ0n) is 19.6. The summed E-state index contributed by atoms with van der Waals surface area (Å²) >= 11 is 0. The van der Waals surface area contributed by atoms with Crippen molar-refractivity contribution < 1.29 is 5.11 Å². The van der Waals surface area contributed by atoms with Gasteiger partial charge in [-0.3, -0.25) is 0 Å². The maximum absolute atomic E-state index is 10.2. The van der Waals surface area contributed by atoms with E-state index in [0.29, 0.717) is 10.8 Å². The maximum Gasteiger partial charge on any atom is 0.0543 e. The van der Waals surface area contributed by atoms with E-state index in [0.717, 1.165) is 54.3 Å². The minimum absolute atomic E-state index is 0.00688. The molecule has 0 saturated heterocycles. The molecular formula is C27H48O. The van der Waals surface area contributed by atoms with Gasteiger partial charge in [0.25, 0.3) is 0 Å². The van der Waals surface area contributed by atoms with Gasteiger partial charge in [-0.05, 0) is 116 Å². The van der Waals surface area contributed by atoms with Gasteiger partial charge in [0.05, 0.1) is 6.10 Å². The normalized spacial score (nSPS) is 49.4. The van der Waals surface area contributed by atoms with Crippen LogP contribution in [0, 0.1) is 52.3 Å². The van der Waals surface area contributed by atoms with Crippen molar-refractivity contribution in [1.82, 2.24) is 0 Å². The topological polar surface area (TPSA) is 20.2 Å². The summed E-state index contributed by atoms with van der Waals surface area (Å²) in [5.74, 6) is 6.48. The molecule has 0 aromatic rings. The Hall–Kier alpha value is -0.0400. The number of fused-ring (bicyclic) bond motifs is 5. The number of aliphatic hydroxyl groups excluding tert-OH is 1. The summed E-state index contributed by atoms with van der Waals surface area (Å²) in [6, 6.07) is 0. The molecule has 1 heteroatoms. The lowest BCUT2D eigenvalue weighted by molar-refractivity contribution is -0.127. The van der Waals surface area contributed by atoms with Crippen LogP contribution in [0.5, 0.6) is 0 Å². The van der Waals surface area contributed by atoms with Gasteiger partial charge in [0, 0.05) is 0 Å². The molecule has 0 aromatic carbocycles. The first-order chi connectivity index (χ1) is 13.3. The van der Waals surface area contributed by atoms with E-state index in [1.54, 1.807) is 0 Å². The lowest BCUT2D eigenvalue weighted by Gasteiger charge is -2.61. The van der Waals surface area contributed by atoms with E-state index in [4.69, 9.17) is 0 Å². The molecule has 4 saturated carbocycles. The van der Waals surface area contributed by atoms with Gasteiger partial charge in [0.15, 0.2) is 0 Å². The standard InChI is InChI=1S/C27H48O/c1-18(2)19(3)7-6-8-20-10-12-24-23-11-9-21-17-22(28)13-15-27(21,5)25(23)14-16-26(20,24)4/h18-25,28H,6-17H2,1-5H3/t19-,20?,21?,22?,23?,24?,25?,26-,27+/m1/s1. The molecular weight excluding hydrogens is 340 g/mol. The molecule has 162 valence electrons. The molecule has 4 rings (SSSR count). The quantitative estimate of drug-likeness (QED) is 0.518. The molecule has 0 amide bonds. The van der Waals surface area contributed by atoms with E-state index >= 15 is 0 Å². The van der Waals surface area contributed by atoms with Crippen LogP contribution in [-0.4, -0.2) is 11.2 Å². The van der Waals surface area contributed by atoms with E-state index in [1.807, 2.05) is 0 Å². The van der Waals surface area contributed by atoms with E-state index in [-0.39, 0.29) is 6.10 Å². The highest BCUT2D eigenvalue weighted by atomic mass is 16.3. The molecule has 0 aromatic heterocycles. The summed E-state index contributed by atoms with van der Waals surface area (Å²) in [5.41, 5.74) is 1.17. The summed E-state index contributed by atoms with van der Waals surface area (Å²) in [5, 5.41) is 10.2. The minimum Gasteiger partial charge on any atom is -0.393 e. The Labute approximate surface area is 175 Å². The first kappa shape index (κ1) is 21.2. The monoisotopic (exact) mass is 388 g/mol. The lowest BCUT2D eigenvalue weighted by Crippen LogP contribution is -2.53. The van der Waals surface area contributed by atoms with Crippen LogP contribution in [-0.2, 0) is 0 Å². The Morgan fingerprint density at radius 3 is 2.32 bits per heavy atom. The Bertz CT molecular complexity index is 540. The van der Waals surface area contributed by atoms with Gasteiger partial charge in [-0.25, -0.2) is 0 Å². The van der Waals surface area contributed by atoms with E-state index in [9.17, 15) is 5.11 Å². The van der Waals surface area contributed by atoms with Gasteiger partial charge in [0.1, 0.15) is 0 Å². The van der Waals surface area contributed by atoms with Gasteiger partial charge in [0.2, 0.25) is 0 Å². The number of hydrogen-bond acceptors (Lipinski definition) is 1. The predicted molar refractivity (Wildman–Crippen MR) is 119 cm³/mol. The van der Waals surface area contributed by atoms with E-state index < -0.39 is 0 Å². The van der Waals surface area contributed by atoms with Crippen LogP contribution in [0.15, 0.2) is 0 Å². The molecule has 0 radical (unpaired) electrons. The van der Waals surface area contributed by atoms with Crippen LogP contribution in [0.4, 0.5) is 0 Å². The first-order valence-corrected chi connectivity index (χ1v) is 12.9. The molecule has 4 aliphatic rings. The fourth-order valence-electron chi connectivity index (χ4n) is 8.84. The van der Waals surface area contributed by atoms with Gasteiger partial charge in [-0.2, -0.15) is 0 Å². The lowest BCUT2D eigenvalue weighted by atomic mass is 9.44. The largest absolute Gasteiger partial charge is 0.393 e. The third-order valence-corrected chi connectivity index (χ3v) is 11.2. The Kier molecular flexibility index (Phi) is 5.98. The third kappa shape index (κ3) is 3.50. The molecule has 0 bridgehead atoms. The fourth-order valence-corrected chi connectivity index (χ4v) is 8.84. The van der Waals surface area contributed by atoms with Crippen molar-refractivity contribution in [2.24, 2.45) is 52.3 Å². The minimum atomic E-state index is -0.00688. The van der Waals surface area contributed by atoms with E-state index in [2.05, 4.69) is 34.6 Å². The molecule has 28 heavy (non-hydrogen) atoms. The van der Waals surface area contributed by atoms with Crippen LogP contribution in [0.3, 0.4) is 0 Å². The van der Waals surface area contributed by atoms with Crippen molar-refractivity contribution in [3.05, 3.63) is 0 Å². The Morgan fingerprint density at radius 2 is 1.57 bits per heavy atom. The molecule has 6 unspecified atom stereocenters. The molecule has 1 nitrogen and oxygen atoms in total. The average Bonchev–Trinajstić information content (AvgIpc) is 2.99. The molecule has 0 spiro atoms. The Morgan fingerprint density at radius 1 is 0.857 bits per heavy atom. The van der Waals surface area contributed by atoms with Crippen molar-refractivity contribution in [2.45, 2.75) is 118 Å². The smallest absolute Gasteiger partial charge is 0.0543 e. The predicted octanol–water partition coefficient (Wildman–Crippen LogP) is 7.47. The van der Waals surface area contributed by atoms with Crippen molar-refractivity contribution in [2.75, 3.05) is 0 Å². The maximum atomic E-state index is 10.2. The van der Waals surface area contributed by atoms with Crippen LogP contribution in [0.25, 0.3) is 0 Å². The van der Waals surface area contributed by atoms with Gasteiger partial charge < -0.3 is 5.11 Å². The average molecular weight is 389 g/mol. The highest BCUT2D eigenvalue weighted by Gasteiger charge is 2.59. The summed E-state index contributed by atoms with van der Waals surface area (Å²) in [6.07, 6.45) is 16.7. The van der Waals surface area contributed by atoms with Crippen LogP contribution in [0.1, 0.15) is 112 Å². The first-order valence-electron chi connectivity index (χ1n) is 12.9. The number of hydrogen-bond donors (Lipinski definition) is 1. The van der Waals surface area contributed by atoms with Crippen molar-refractivity contribution in [3.63, 3.8) is 0 Å². The van der Waals surface area contributed by atoms with Crippen LogP contribution < -0.4 is 0 Å². The van der Waals surface area contributed by atoms with Crippen LogP contribution in [0.2, 0.25) is 0 Å².